The van der Waals surface area contributed by atoms with Gasteiger partial charge >= 0.3 is 6.18 Å². The normalized spacial score (nSPS) is 13.1. The molecule has 0 heterocycles. The van der Waals surface area contributed by atoms with Crippen LogP contribution in [0.2, 0.25) is 0 Å². The summed E-state index contributed by atoms with van der Waals surface area (Å²) in [6.07, 6.45) is -4.88. The van der Waals surface area contributed by atoms with Crippen molar-refractivity contribution >= 4 is 10.1 Å². The van der Waals surface area contributed by atoms with Gasteiger partial charge in [0.1, 0.15) is 10.1 Å². The Morgan fingerprint density at radius 2 is 1.72 bits per heavy atom. The lowest BCUT2D eigenvalue weighted by Crippen LogP contribution is -2.18. The molecule has 0 aromatic heterocycles. The Hall–Kier alpha value is -1.08. The van der Waals surface area contributed by atoms with Crippen LogP contribution in [0.3, 0.4) is 0 Å². The van der Waals surface area contributed by atoms with Gasteiger partial charge in [0.05, 0.1) is 10.5 Å². The summed E-state index contributed by atoms with van der Waals surface area (Å²) < 4.78 is 72.1. The number of alkyl halides is 3. The SMILES string of the molecule is Cc1ccc(C(C)C)c(C(F)(F)F)c1S(=O)(=O)[O-]. The summed E-state index contributed by atoms with van der Waals surface area (Å²) in [5, 5.41) is 0. The zero-order valence-corrected chi connectivity index (χ0v) is 10.8. The van der Waals surface area contributed by atoms with Crippen molar-refractivity contribution in [3.8, 4) is 0 Å². The summed E-state index contributed by atoms with van der Waals surface area (Å²) in [4.78, 5) is -1.17. The molecule has 1 aromatic carbocycles. The minimum atomic E-state index is -5.17. The van der Waals surface area contributed by atoms with Crippen LogP contribution in [-0.4, -0.2) is 13.0 Å². The Labute approximate surface area is 103 Å². The van der Waals surface area contributed by atoms with Gasteiger partial charge in [-0.3, -0.25) is 0 Å². The number of benzene rings is 1. The van der Waals surface area contributed by atoms with Crippen LogP contribution >= 0.6 is 0 Å². The zero-order valence-electron chi connectivity index (χ0n) is 10.00. The molecule has 0 saturated heterocycles. The molecule has 0 amide bonds. The highest BCUT2D eigenvalue weighted by Gasteiger charge is 2.39. The van der Waals surface area contributed by atoms with E-state index >= 15 is 0 Å². The van der Waals surface area contributed by atoms with Gasteiger partial charge < -0.3 is 4.55 Å². The van der Waals surface area contributed by atoms with E-state index in [9.17, 15) is 26.1 Å². The highest BCUT2D eigenvalue weighted by atomic mass is 32.2. The number of hydrogen-bond acceptors (Lipinski definition) is 3. The van der Waals surface area contributed by atoms with Crippen molar-refractivity contribution in [2.75, 3.05) is 0 Å². The Bertz CT molecular complexity index is 560. The van der Waals surface area contributed by atoms with Crippen molar-refractivity contribution in [3.63, 3.8) is 0 Å². The lowest BCUT2D eigenvalue weighted by Gasteiger charge is -2.22. The molecule has 0 fully saturated rings. The Balaban J connectivity index is 3.85. The molecule has 1 aromatic rings. The van der Waals surface area contributed by atoms with Gasteiger partial charge in [-0.05, 0) is 24.0 Å². The zero-order chi connectivity index (χ0) is 14.3. The molecule has 18 heavy (non-hydrogen) atoms. The smallest absolute Gasteiger partial charge is 0.417 e. The molecular weight excluding hydrogens is 269 g/mol. The molecule has 102 valence electrons. The highest BCUT2D eigenvalue weighted by Crippen LogP contribution is 2.40. The molecule has 0 aliphatic heterocycles. The molecule has 0 radical (unpaired) electrons. The van der Waals surface area contributed by atoms with E-state index in [1.165, 1.54) is 32.9 Å². The fourth-order valence-corrected chi connectivity index (χ4v) is 2.74. The van der Waals surface area contributed by atoms with Gasteiger partial charge in [0.25, 0.3) is 0 Å². The maximum Gasteiger partial charge on any atom is 0.417 e. The van der Waals surface area contributed by atoms with E-state index < -0.39 is 32.7 Å². The summed E-state index contributed by atoms with van der Waals surface area (Å²) >= 11 is 0. The highest BCUT2D eigenvalue weighted by molar-refractivity contribution is 7.85. The summed E-state index contributed by atoms with van der Waals surface area (Å²) in [5.41, 5.74) is -1.73. The van der Waals surface area contributed by atoms with Gasteiger partial charge in [-0.15, -0.1) is 0 Å². The molecular formula is C11H12F3O3S-. The Morgan fingerprint density at radius 1 is 1.22 bits per heavy atom. The predicted molar refractivity (Wildman–Crippen MR) is 58.2 cm³/mol. The van der Waals surface area contributed by atoms with Crippen molar-refractivity contribution in [2.45, 2.75) is 37.8 Å². The van der Waals surface area contributed by atoms with Crippen LogP contribution in [-0.2, 0) is 16.3 Å². The van der Waals surface area contributed by atoms with Gasteiger partial charge in [0.15, 0.2) is 0 Å². The third-order valence-corrected chi connectivity index (χ3v) is 3.57. The van der Waals surface area contributed by atoms with E-state index in [4.69, 9.17) is 0 Å². The molecule has 0 unspecified atom stereocenters. The van der Waals surface area contributed by atoms with E-state index in [-0.39, 0.29) is 11.1 Å². The average Bonchev–Trinajstić information content (AvgIpc) is 2.13. The molecule has 1 rings (SSSR count). The quantitative estimate of drug-likeness (QED) is 0.783. The predicted octanol–water partition coefficient (Wildman–Crippen LogP) is 3.04. The number of aryl methyl sites for hydroxylation is 1. The maximum absolute atomic E-state index is 13.0. The first-order valence-corrected chi connectivity index (χ1v) is 6.53. The fraction of sp³-hybridized carbons (Fsp3) is 0.455. The van der Waals surface area contributed by atoms with Crippen LogP contribution in [0.5, 0.6) is 0 Å². The van der Waals surface area contributed by atoms with E-state index in [0.717, 1.165) is 0 Å². The third kappa shape index (κ3) is 2.84. The molecule has 0 saturated carbocycles. The molecule has 0 atom stereocenters. The first-order chi connectivity index (χ1) is 7.96. The molecule has 0 N–H and O–H groups in total. The van der Waals surface area contributed by atoms with Gasteiger partial charge in [0, 0.05) is 0 Å². The van der Waals surface area contributed by atoms with E-state index in [0.29, 0.717) is 0 Å². The third-order valence-electron chi connectivity index (χ3n) is 2.54. The molecule has 0 bridgehead atoms. The van der Waals surface area contributed by atoms with Gasteiger partial charge in [0.2, 0.25) is 0 Å². The van der Waals surface area contributed by atoms with Crippen LogP contribution < -0.4 is 0 Å². The first-order valence-electron chi connectivity index (χ1n) is 5.13. The first kappa shape index (κ1) is 15.0. The van der Waals surface area contributed by atoms with E-state index in [1.807, 2.05) is 0 Å². The van der Waals surface area contributed by atoms with Crippen molar-refractivity contribution in [3.05, 3.63) is 28.8 Å². The second-order valence-electron chi connectivity index (χ2n) is 4.28. The lowest BCUT2D eigenvalue weighted by molar-refractivity contribution is -0.140. The molecule has 3 nitrogen and oxygen atoms in total. The van der Waals surface area contributed by atoms with Crippen LogP contribution in [0, 0.1) is 6.92 Å². The van der Waals surface area contributed by atoms with Crippen molar-refractivity contribution in [1.82, 2.24) is 0 Å². The Morgan fingerprint density at radius 3 is 2.06 bits per heavy atom. The van der Waals surface area contributed by atoms with Crippen molar-refractivity contribution < 1.29 is 26.1 Å². The second-order valence-corrected chi connectivity index (χ2v) is 5.60. The van der Waals surface area contributed by atoms with Crippen LogP contribution in [0.4, 0.5) is 13.2 Å². The number of halogens is 3. The minimum Gasteiger partial charge on any atom is -0.744 e. The van der Waals surface area contributed by atoms with Gasteiger partial charge in [-0.25, -0.2) is 8.42 Å². The Kier molecular flexibility index (Phi) is 3.78. The standard InChI is InChI=1S/C11H13F3O3S/c1-6(2)8-5-4-7(3)10(18(15,16)17)9(8)11(12,13)14/h4-6H,1-3H3,(H,15,16,17)/p-1. The van der Waals surface area contributed by atoms with Gasteiger partial charge in [-0.1, -0.05) is 26.0 Å². The van der Waals surface area contributed by atoms with Crippen LogP contribution in [0.15, 0.2) is 17.0 Å². The second kappa shape index (κ2) is 4.55. The van der Waals surface area contributed by atoms with E-state index in [1.54, 1.807) is 0 Å². The minimum absolute atomic E-state index is 0.192. The largest absolute Gasteiger partial charge is 0.744 e. The van der Waals surface area contributed by atoms with Gasteiger partial charge in [-0.2, -0.15) is 13.2 Å². The van der Waals surface area contributed by atoms with Crippen LogP contribution in [0.25, 0.3) is 0 Å². The molecule has 0 spiro atoms. The summed E-state index contributed by atoms with van der Waals surface area (Å²) in [6.45, 7) is 4.17. The average molecular weight is 281 g/mol. The molecule has 0 aliphatic rings. The lowest BCUT2D eigenvalue weighted by atomic mass is 9.95. The molecule has 0 aliphatic carbocycles. The van der Waals surface area contributed by atoms with Crippen LogP contribution in [0.1, 0.15) is 36.5 Å². The summed E-state index contributed by atoms with van der Waals surface area (Å²) in [7, 11) is -5.17. The molecule has 7 heteroatoms. The maximum atomic E-state index is 13.0. The van der Waals surface area contributed by atoms with Crippen molar-refractivity contribution in [1.29, 1.82) is 0 Å². The monoisotopic (exact) mass is 281 g/mol. The van der Waals surface area contributed by atoms with E-state index in [2.05, 4.69) is 0 Å². The topological polar surface area (TPSA) is 57.2 Å². The van der Waals surface area contributed by atoms with Crippen molar-refractivity contribution in [2.24, 2.45) is 0 Å². The fourth-order valence-electron chi connectivity index (χ4n) is 1.80. The number of hydrogen-bond donors (Lipinski definition) is 0. The summed E-state index contributed by atoms with van der Waals surface area (Å²) in [5.74, 6) is -0.539. The summed E-state index contributed by atoms with van der Waals surface area (Å²) in [6, 6.07) is 2.42. The number of rotatable bonds is 2.